The molecule has 3 aromatic rings. The number of anilines is 1. The van der Waals surface area contributed by atoms with Crippen LogP contribution in [-0.2, 0) is 4.74 Å². The monoisotopic (exact) mass is 328 g/mol. The van der Waals surface area contributed by atoms with Crippen LogP contribution in [0.2, 0.25) is 0 Å². The summed E-state index contributed by atoms with van der Waals surface area (Å²) in [6.07, 6.45) is -0.176. The molecule has 1 saturated heterocycles. The number of aryl methyl sites for hydroxylation is 1. The minimum Gasteiger partial charge on any atom is -0.366 e. The van der Waals surface area contributed by atoms with E-state index >= 15 is 0 Å². The molecule has 0 spiro atoms. The molecule has 23 heavy (non-hydrogen) atoms. The molecule has 0 bridgehead atoms. The first-order valence-corrected chi connectivity index (χ1v) is 8.35. The first-order chi connectivity index (χ1) is 11.3. The van der Waals surface area contributed by atoms with Crippen molar-refractivity contribution >= 4 is 16.5 Å². The third kappa shape index (κ3) is 2.97. The molecule has 0 aliphatic carbocycles. The highest BCUT2D eigenvalue weighted by atomic mass is 32.1. The summed E-state index contributed by atoms with van der Waals surface area (Å²) in [6, 6.07) is 10.2. The van der Waals surface area contributed by atoms with E-state index in [-0.39, 0.29) is 6.10 Å². The maximum atomic E-state index is 5.77. The SMILES string of the molecule is Cc1nc(C2CN(c3nc(-c4ccccc4)cs3)CCO2)no1. The van der Waals surface area contributed by atoms with Gasteiger partial charge in [-0.25, -0.2) is 4.98 Å². The zero-order valence-corrected chi connectivity index (χ0v) is 13.5. The topological polar surface area (TPSA) is 64.3 Å². The van der Waals surface area contributed by atoms with Crippen molar-refractivity contribution in [1.82, 2.24) is 15.1 Å². The van der Waals surface area contributed by atoms with E-state index in [0.29, 0.717) is 24.9 Å². The number of hydrogen-bond acceptors (Lipinski definition) is 7. The average Bonchev–Trinajstić information content (AvgIpc) is 3.25. The van der Waals surface area contributed by atoms with Crippen molar-refractivity contribution in [2.45, 2.75) is 13.0 Å². The van der Waals surface area contributed by atoms with Crippen molar-refractivity contribution in [2.75, 3.05) is 24.6 Å². The third-order valence-corrected chi connectivity index (χ3v) is 4.63. The van der Waals surface area contributed by atoms with Crippen molar-refractivity contribution in [3.63, 3.8) is 0 Å². The van der Waals surface area contributed by atoms with Crippen molar-refractivity contribution < 1.29 is 9.26 Å². The van der Waals surface area contributed by atoms with Gasteiger partial charge < -0.3 is 14.2 Å². The molecular formula is C16H16N4O2S. The highest BCUT2D eigenvalue weighted by Crippen LogP contribution is 2.30. The normalized spacial score (nSPS) is 18.3. The van der Waals surface area contributed by atoms with Gasteiger partial charge in [-0.1, -0.05) is 35.5 Å². The van der Waals surface area contributed by atoms with Gasteiger partial charge in [0.1, 0.15) is 6.10 Å². The molecule has 1 atom stereocenters. The summed E-state index contributed by atoms with van der Waals surface area (Å²) in [6.45, 7) is 3.90. The maximum absolute atomic E-state index is 5.77. The van der Waals surface area contributed by atoms with E-state index in [1.165, 1.54) is 0 Å². The standard InChI is InChI=1S/C16H16N4O2S/c1-11-17-15(19-22-11)14-9-20(7-8-21-14)16-18-13(10-23-16)12-5-3-2-4-6-12/h2-6,10,14H,7-9H2,1H3. The van der Waals surface area contributed by atoms with Crippen LogP contribution in [0.3, 0.4) is 0 Å². The Kier molecular flexibility index (Phi) is 3.80. The van der Waals surface area contributed by atoms with Gasteiger partial charge in [0.2, 0.25) is 11.7 Å². The molecule has 1 fully saturated rings. The van der Waals surface area contributed by atoms with Crippen LogP contribution in [0.15, 0.2) is 40.2 Å². The number of rotatable bonds is 3. The van der Waals surface area contributed by atoms with E-state index in [2.05, 4.69) is 32.6 Å². The largest absolute Gasteiger partial charge is 0.366 e. The molecule has 1 aromatic carbocycles. The van der Waals surface area contributed by atoms with Crippen LogP contribution in [0.4, 0.5) is 5.13 Å². The van der Waals surface area contributed by atoms with E-state index < -0.39 is 0 Å². The van der Waals surface area contributed by atoms with Crippen LogP contribution in [0.5, 0.6) is 0 Å². The van der Waals surface area contributed by atoms with Crippen molar-refractivity contribution in [3.05, 3.63) is 47.4 Å². The molecule has 3 heterocycles. The molecule has 0 saturated carbocycles. The quantitative estimate of drug-likeness (QED) is 0.736. The first kappa shape index (κ1) is 14.3. The Labute approximate surface area is 137 Å². The Balaban J connectivity index is 1.53. The van der Waals surface area contributed by atoms with Gasteiger partial charge in [-0.15, -0.1) is 11.3 Å². The molecule has 2 aromatic heterocycles. The molecule has 1 aliphatic heterocycles. The van der Waals surface area contributed by atoms with E-state index in [1.807, 2.05) is 18.2 Å². The predicted octanol–water partition coefficient (Wildman–Crippen LogP) is 3.08. The van der Waals surface area contributed by atoms with Crippen molar-refractivity contribution in [3.8, 4) is 11.3 Å². The summed E-state index contributed by atoms with van der Waals surface area (Å²) in [4.78, 5) is 11.3. The molecule has 1 unspecified atom stereocenters. The second kappa shape index (κ2) is 6.10. The number of benzene rings is 1. The fourth-order valence-electron chi connectivity index (χ4n) is 2.58. The lowest BCUT2D eigenvalue weighted by Gasteiger charge is -2.31. The van der Waals surface area contributed by atoms with Crippen LogP contribution in [0.25, 0.3) is 11.3 Å². The van der Waals surface area contributed by atoms with Gasteiger partial charge in [0.25, 0.3) is 0 Å². The van der Waals surface area contributed by atoms with Crippen LogP contribution < -0.4 is 4.90 Å². The van der Waals surface area contributed by atoms with Gasteiger partial charge in [0, 0.05) is 24.4 Å². The van der Waals surface area contributed by atoms with Gasteiger partial charge in [0.05, 0.1) is 18.8 Å². The molecule has 4 rings (SSSR count). The summed E-state index contributed by atoms with van der Waals surface area (Å²) >= 11 is 1.65. The van der Waals surface area contributed by atoms with Crippen LogP contribution >= 0.6 is 11.3 Å². The van der Waals surface area contributed by atoms with Crippen molar-refractivity contribution in [2.24, 2.45) is 0 Å². The van der Waals surface area contributed by atoms with Gasteiger partial charge >= 0.3 is 0 Å². The summed E-state index contributed by atoms with van der Waals surface area (Å²) in [5.74, 6) is 1.16. The number of ether oxygens (including phenoxy) is 1. The van der Waals surface area contributed by atoms with Crippen LogP contribution in [0.1, 0.15) is 17.8 Å². The van der Waals surface area contributed by atoms with Gasteiger partial charge in [-0.3, -0.25) is 0 Å². The van der Waals surface area contributed by atoms with Gasteiger partial charge in [-0.05, 0) is 0 Å². The molecule has 1 aliphatic rings. The first-order valence-electron chi connectivity index (χ1n) is 7.47. The number of nitrogens with zero attached hydrogens (tertiary/aromatic N) is 4. The Hall–Kier alpha value is -2.25. The molecule has 0 N–H and O–H groups in total. The molecule has 0 amide bonds. The smallest absolute Gasteiger partial charge is 0.223 e. The third-order valence-electron chi connectivity index (χ3n) is 3.73. The molecule has 0 radical (unpaired) electrons. The zero-order valence-electron chi connectivity index (χ0n) is 12.7. The maximum Gasteiger partial charge on any atom is 0.223 e. The fourth-order valence-corrected chi connectivity index (χ4v) is 3.45. The second-order valence-corrected chi connectivity index (χ2v) is 6.19. The lowest BCUT2D eigenvalue weighted by molar-refractivity contribution is 0.0326. The van der Waals surface area contributed by atoms with E-state index in [1.54, 1.807) is 18.3 Å². The predicted molar refractivity (Wildman–Crippen MR) is 87.5 cm³/mol. The lowest BCUT2D eigenvalue weighted by atomic mass is 10.2. The van der Waals surface area contributed by atoms with E-state index in [0.717, 1.165) is 22.9 Å². The Bertz CT molecular complexity index is 786. The van der Waals surface area contributed by atoms with Crippen LogP contribution in [-0.4, -0.2) is 34.8 Å². The minimum atomic E-state index is -0.176. The summed E-state index contributed by atoms with van der Waals surface area (Å²) in [7, 11) is 0. The fraction of sp³-hybridized carbons (Fsp3) is 0.312. The summed E-state index contributed by atoms with van der Waals surface area (Å²) < 4.78 is 10.8. The number of thiazole rings is 1. The molecular weight excluding hydrogens is 312 g/mol. The summed E-state index contributed by atoms with van der Waals surface area (Å²) in [5, 5.41) is 7.05. The highest BCUT2D eigenvalue weighted by molar-refractivity contribution is 7.14. The van der Waals surface area contributed by atoms with Crippen LogP contribution in [0, 0.1) is 6.92 Å². The van der Waals surface area contributed by atoms with Gasteiger partial charge in [-0.2, -0.15) is 4.98 Å². The van der Waals surface area contributed by atoms with Crippen molar-refractivity contribution in [1.29, 1.82) is 0 Å². The number of morpholine rings is 1. The van der Waals surface area contributed by atoms with E-state index in [9.17, 15) is 0 Å². The molecule has 7 heteroatoms. The Morgan fingerprint density at radius 1 is 1.22 bits per heavy atom. The van der Waals surface area contributed by atoms with Gasteiger partial charge in [0.15, 0.2) is 5.13 Å². The second-order valence-electron chi connectivity index (χ2n) is 5.36. The van der Waals surface area contributed by atoms with E-state index in [4.69, 9.17) is 14.2 Å². The Morgan fingerprint density at radius 3 is 2.87 bits per heavy atom. The average molecular weight is 328 g/mol. The lowest BCUT2D eigenvalue weighted by Crippen LogP contribution is -2.38. The molecule has 6 nitrogen and oxygen atoms in total. The number of hydrogen-bond donors (Lipinski definition) is 0. The molecule has 118 valence electrons. The highest BCUT2D eigenvalue weighted by Gasteiger charge is 2.27. The number of aromatic nitrogens is 3. The zero-order chi connectivity index (χ0) is 15.6. The minimum absolute atomic E-state index is 0.176. The Morgan fingerprint density at radius 2 is 2.09 bits per heavy atom. The summed E-state index contributed by atoms with van der Waals surface area (Å²) in [5.41, 5.74) is 2.14.